The standard InChI is InChI=1S/C19H20BrN5O2S/c1-11(26)27-16-15(20)17(28-18(16)19-22-24-25-23-19)12-6-5-9-14(10-12)21-13-7-3-2-4-8-13/h5-6,9-10,13,21H,2-4,7-8H2,1H3,(H,22,23,24,25). The van der Waals surface area contributed by atoms with Crippen molar-refractivity contribution in [2.24, 2.45) is 0 Å². The number of nitrogens with one attached hydrogen (secondary N) is 2. The maximum Gasteiger partial charge on any atom is 0.308 e. The first-order chi connectivity index (χ1) is 13.6. The molecule has 146 valence electrons. The molecule has 2 aromatic heterocycles. The average molecular weight is 462 g/mol. The summed E-state index contributed by atoms with van der Waals surface area (Å²) in [7, 11) is 0. The van der Waals surface area contributed by atoms with Crippen LogP contribution in [-0.2, 0) is 4.79 Å². The molecule has 0 bridgehead atoms. The number of nitrogens with zero attached hydrogens (tertiary/aromatic N) is 3. The highest BCUT2D eigenvalue weighted by molar-refractivity contribution is 9.10. The lowest BCUT2D eigenvalue weighted by Crippen LogP contribution is -2.22. The van der Waals surface area contributed by atoms with Crippen molar-refractivity contribution in [3.8, 4) is 26.9 Å². The molecule has 0 atom stereocenters. The van der Waals surface area contributed by atoms with Crippen LogP contribution in [0.5, 0.6) is 5.75 Å². The van der Waals surface area contributed by atoms with Gasteiger partial charge in [-0.25, -0.2) is 0 Å². The second-order valence-electron chi connectivity index (χ2n) is 6.79. The van der Waals surface area contributed by atoms with E-state index in [0.29, 0.717) is 27.0 Å². The Kier molecular flexibility index (Phi) is 5.72. The van der Waals surface area contributed by atoms with Gasteiger partial charge in [-0.05, 0) is 51.7 Å². The highest BCUT2D eigenvalue weighted by Gasteiger charge is 2.24. The van der Waals surface area contributed by atoms with E-state index >= 15 is 0 Å². The van der Waals surface area contributed by atoms with Crippen molar-refractivity contribution < 1.29 is 9.53 Å². The first-order valence-corrected chi connectivity index (χ1v) is 10.8. The average Bonchev–Trinajstić information content (AvgIpc) is 3.32. The van der Waals surface area contributed by atoms with Crippen LogP contribution < -0.4 is 10.1 Å². The van der Waals surface area contributed by atoms with Crippen molar-refractivity contribution in [3.05, 3.63) is 28.7 Å². The summed E-state index contributed by atoms with van der Waals surface area (Å²) in [6.45, 7) is 1.37. The Morgan fingerprint density at radius 3 is 2.82 bits per heavy atom. The predicted molar refractivity (Wildman–Crippen MR) is 112 cm³/mol. The minimum Gasteiger partial charge on any atom is -0.424 e. The third-order valence-electron chi connectivity index (χ3n) is 4.70. The number of aromatic amines is 1. The smallest absolute Gasteiger partial charge is 0.308 e. The molecule has 0 amide bonds. The molecule has 0 radical (unpaired) electrons. The molecular weight excluding hydrogens is 442 g/mol. The Labute approximate surface area is 175 Å². The van der Waals surface area contributed by atoms with E-state index in [2.05, 4.69) is 54.0 Å². The van der Waals surface area contributed by atoms with Gasteiger partial charge in [-0.1, -0.05) is 31.4 Å². The summed E-state index contributed by atoms with van der Waals surface area (Å²) in [5, 5.41) is 17.8. The number of ether oxygens (including phenoxy) is 1. The van der Waals surface area contributed by atoms with Crippen molar-refractivity contribution in [2.45, 2.75) is 45.1 Å². The van der Waals surface area contributed by atoms with E-state index in [4.69, 9.17) is 4.74 Å². The monoisotopic (exact) mass is 461 g/mol. The molecule has 1 saturated carbocycles. The van der Waals surface area contributed by atoms with Crippen LogP contribution >= 0.6 is 27.3 Å². The van der Waals surface area contributed by atoms with Crippen molar-refractivity contribution in [1.82, 2.24) is 20.6 Å². The van der Waals surface area contributed by atoms with Crippen LogP contribution in [0.25, 0.3) is 21.1 Å². The predicted octanol–water partition coefficient (Wildman–Crippen LogP) is 5.03. The maximum atomic E-state index is 11.6. The molecule has 1 aliphatic rings. The number of thiophene rings is 1. The Hall–Kier alpha value is -2.26. The zero-order chi connectivity index (χ0) is 19.5. The summed E-state index contributed by atoms with van der Waals surface area (Å²) in [5.41, 5.74) is 2.13. The van der Waals surface area contributed by atoms with E-state index in [0.717, 1.165) is 16.1 Å². The number of rotatable bonds is 5. The van der Waals surface area contributed by atoms with Crippen LogP contribution in [-0.4, -0.2) is 32.6 Å². The van der Waals surface area contributed by atoms with E-state index in [1.54, 1.807) is 0 Å². The summed E-state index contributed by atoms with van der Waals surface area (Å²) in [6.07, 6.45) is 6.33. The number of halogens is 1. The van der Waals surface area contributed by atoms with Crippen LogP contribution in [0.4, 0.5) is 5.69 Å². The number of tetrazole rings is 1. The number of carbonyl (C=O) groups is 1. The van der Waals surface area contributed by atoms with Crippen molar-refractivity contribution in [2.75, 3.05) is 5.32 Å². The van der Waals surface area contributed by atoms with Gasteiger partial charge in [0.15, 0.2) is 5.75 Å². The van der Waals surface area contributed by atoms with Gasteiger partial charge in [0.1, 0.15) is 4.88 Å². The maximum absolute atomic E-state index is 11.6. The lowest BCUT2D eigenvalue weighted by Gasteiger charge is -2.24. The molecule has 28 heavy (non-hydrogen) atoms. The van der Waals surface area contributed by atoms with Crippen molar-refractivity contribution in [1.29, 1.82) is 0 Å². The summed E-state index contributed by atoms with van der Waals surface area (Å²) in [4.78, 5) is 13.2. The van der Waals surface area contributed by atoms with Gasteiger partial charge in [-0.15, -0.1) is 21.5 Å². The Morgan fingerprint density at radius 2 is 2.11 bits per heavy atom. The van der Waals surface area contributed by atoms with Crippen LogP contribution in [0.2, 0.25) is 0 Å². The quantitative estimate of drug-likeness (QED) is 0.517. The number of carbonyl (C=O) groups excluding carboxylic acids is 1. The fraction of sp³-hybridized carbons (Fsp3) is 0.368. The van der Waals surface area contributed by atoms with Gasteiger partial charge in [0.05, 0.1) is 9.35 Å². The molecule has 1 aromatic carbocycles. The number of H-pyrrole nitrogens is 1. The molecule has 1 fully saturated rings. The summed E-state index contributed by atoms with van der Waals surface area (Å²) in [6, 6.07) is 8.82. The van der Waals surface area contributed by atoms with E-state index in [1.807, 2.05) is 12.1 Å². The van der Waals surface area contributed by atoms with Crippen LogP contribution in [0, 0.1) is 0 Å². The second-order valence-corrected chi connectivity index (χ2v) is 8.61. The van der Waals surface area contributed by atoms with E-state index in [-0.39, 0.29) is 0 Å². The molecule has 4 rings (SSSR count). The molecule has 3 aromatic rings. The minimum atomic E-state index is -0.400. The molecule has 1 aliphatic carbocycles. The fourth-order valence-electron chi connectivity index (χ4n) is 3.45. The second kappa shape index (κ2) is 8.40. The normalized spacial score (nSPS) is 14.8. The Balaban J connectivity index is 1.68. The van der Waals surface area contributed by atoms with E-state index < -0.39 is 5.97 Å². The van der Waals surface area contributed by atoms with Crippen LogP contribution in [0.3, 0.4) is 0 Å². The van der Waals surface area contributed by atoms with Gasteiger partial charge >= 0.3 is 5.97 Å². The molecular formula is C19H20BrN5O2S. The summed E-state index contributed by atoms with van der Waals surface area (Å²) < 4.78 is 6.15. The molecule has 0 saturated heterocycles. The highest BCUT2D eigenvalue weighted by atomic mass is 79.9. The Bertz CT molecular complexity index is 967. The lowest BCUT2D eigenvalue weighted by atomic mass is 9.95. The summed E-state index contributed by atoms with van der Waals surface area (Å²) in [5.74, 6) is 0.409. The van der Waals surface area contributed by atoms with Gasteiger partial charge in [-0.2, -0.15) is 5.21 Å². The number of hydrogen-bond acceptors (Lipinski definition) is 7. The molecule has 2 N–H and O–H groups in total. The number of hydrogen-bond donors (Lipinski definition) is 2. The highest BCUT2D eigenvalue weighted by Crippen LogP contribution is 2.49. The molecule has 0 aliphatic heterocycles. The molecule has 9 heteroatoms. The first-order valence-electron chi connectivity index (χ1n) is 9.23. The fourth-order valence-corrected chi connectivity index (χ4v) is 5.38. The lowest BCUT2D eigenvalue weighted by molar-refractivity contribution is -0.131. The van der Waals surface area contributed by atoms with E-state index in [1.165, 1.54) is 50.4 Å². The Morgan fingerprint density at radius 1 is 1.29 bits per heavy atom. The molecule has 0 spiro atoms. The van der Waals surface area contributed by atoms with Gasteiger partial charge in [0.25, 0.3) is 0 Å². The van der Waals surface area contributed by atoms with Crippen LogP contribution in [0.15, 0.2) is 28.7 Å². The van der Waals surface area contributed by atoms with Gasteiger partial charge < -0.3 is 10.1 Å². The van der Waals surface area contributed by atoms with E-state index in [9.17, 15) is 4.79 Å². The first kappa shape index (κ1) is 19.1. The van der Waals surface area contributed by atoms with Gasteiger partial charge in [0.2, 0.25) is 5.82 Å². The van der Waals surface area contributed by atoms with Gasteiger partial charge in [0, 0.05) is 18.7 Å². The number of aromatic nitrogens is 4. The van der Waals surface area contributed by atoms with Crippen molar-refractivity contribution >= 4 is 38.9 Å². The van der Waals surface area contributed by atoms with Gasteiger partial charge in [-0.3, -0.25) is 4.79 Å². The SMILES string of the molecule is CC(=O)Oc1c(-c2nn[nH]n2)sc(-c2cccc(NC3CCCCC3)c2)c1Br. The number of anilines is 1. The summed E-state index contributed by atoms with van der Waals surface area (Å²) >= 11 is 5.06. The number of esters is 1. The number of benzene rings is 1. The minimum absolute atomic E-state index is 0.393. The topological polar surface area (TPSA) is 92.8 Å². The zero-order valence-corrected chi connectivity index (χ0v) is 17.8. The van der Waals surface area contributed by atoms with Crippen LogP contribution in [0.1, 0.15) is 39.0 Å². The molecule has 7 nitrogen and oxygen atoms in total. The molecule has 0 unspecified atom stereocenters. The third kappa shape index (κ3) is 4.10. The largest absolute Gasteiger partial charge is 0.424 e. The third-order valence-corrected chi connectivity index (χ3v) is 6.94. The van der Waals surface area contributed by atoms with Crippen molar-refractivity contribution in [3.63, 3.8) is 0 Å². The zero-order valence-electron chi connectivity index (χ0n) is 15.4. The molecule has 2 heterocycles.